The third-order valence-corrected chi connectivity index (χ3v) is 8.78. The highest BCUT2D eigenvalue weighted by Gasteiger charge is 2.36. The number of fused-ring (bicyclic) bond motifs is 1. The number of hydrogen-bond acceptors (Lipinski definition) is 8. The number of pyridine rings is 1. The molecule has 0 radical (unpaired) electrons. The Morgan fingerprint density at radius 2 is 1.86 bits per heavy atom. The Kier molecular flexibility index (Phi) is 8.05. The first kappa shape index (κ1) is 30.5. The van der Waals surface area contributed by atoms with Crippen molar-refractivity contribution in [1.29, 1.82) is 5.26 Å². The predicted octanol–water partition coefficient (Wildman–Crippen LogP) is 3.94. The minimum atomic E-state index is -3.87. The van der Waals surface area contributed by atoms with E-state index in [0.717, 1.165) is 29.0 Å². The minimum Gasteiger partial charge on any atom is -0.349 e. The number of rotatable bonds is 6. The van der Waals surface area contributed by atoms with Crippen molar-refractivity contribution in [3.8, 4) is 23.0 Å². The molecule has 2 atom stereocenters. The number of carbonyl (C=O) groups excluding carboxylic acids is 1. The van der Waals surface area contributed by atoms with Gasteiger partial charge in [-0.3, -0.25) is 4.79 Å². The number of aryl methyl sites for hydroxylation is 1. The van der Waals surface area contributed by atoms with E-state index in [-0.39, 0.29) is 64.1 Å². The number of halogens is 2. The Morgan fingerprint density at radius 3 is 2.52 bits per heavy atom. The molecule has 10 nitrogen and oxygen atoms in total. The Labute approximate surface area is 252 Å². The van der Waals surface area contributed by atoms with Gasteiger partial charge in [-0.15, -0.1) is 0 Å². The number of carbonyl (C=O) groups is 1. The largest absolute Gasteiger partial charge is 0.355 e. The van der Waals surface area contributed by atoms with Gasteiger partial charge >= 0.3 is 5.69 Å². The Bertz CT molecular complexity index is 2040. The van der Waals surface area contributed by atoms with Crippen LogP contribution in [-0.4, -0.2) is 65.2 Å². The number of amides is 1. The maximum atomic E-state index is 15.9. The number of para-hydroxylation sites is 1. The second-order valence-corrected chi connectivity index (χ2v) is 12.6. The van der Waals surface area contributed by atoms with E-state index < -0.39 is 39.2 Å². The van der Waals surface area contributed by atoms with Gasteiger partial charge in [-0.25, -0.2) is 31.5 Å². The van der Waals surface area contributed by atoms with Crippen LogP contribution in [0.15, 0.2) is 70.9 Å². The summed E-state index contributed by atoms with van der Waals surface area (Å²) in [6.45, 7) is 7.17. The van der Waals surface area contributed by atoms with Crippen LogP contribution >= 0.6 is 0 Å². The average Bonchev–Trinajstić information content (AvgIpc) is 2.97. The van der Waals surface area contributed by atoms with E-state index in [1.54, 1.807) is 24.8 Å². The van der Waals surface area contributed by atoms with Crippen molar-refractivity contribution in [2.75, 3.05) is 24.2 Å². The topological polar surface area (TPSA) is 129 Å². The van der Waals surface area contributed by atoms with Gasteiger partial charge in [0.2, 0.25) is 5.91 Å². The molecule has 1 fully saturated rings. The molecule has 226 valence electrons. The van der Waals surface area contributed by atoms with Crippen LogP contribution in [0.5, 0.6) is 0 Å². The Balaban J connectivity index is 1.85. The van der Waals surface area contributed by atoms with E-state index >= 15 is 4.39 Å². The Morgan fingerprint density at radius 1 is 1.14 bits per heavy atom. The number of nitrogens with zero attached hydrogens (tertiary/aromatic N) is 6. The maximum Gasteiger partial charge on any atom is 0.355 e. The fraction of sp³-hybridized carbons (Fsp3) is 0.258. The summed E-state index contributed by atoms with van der Waals surface area (Å²) in [5, 5.41) is 9.52. The van der Waals surface area contributed by atoms with E-state index in [1.807, 2.05) is 0 Å². The van der Waals surface area contributed by atoms with Gasteiger partial charge in [0.15, 0.2) is 15.5 Å². The summed E-state index contributed by atoms with van der Waals surface area (Å²) in [6.07, 6.45) is 2.13. The molecular formula is C31H28F2N6O4S. The molecule has 0 spiro atoms. The summed E-state index contributed by atoms with van der Waals surface area (Å²) < 4.78 is 57.4. The van der Waals surface area contributed by atoms with Gasteiger partial charge < -0.3 is 9.80 Å². The number of nitriles is 1. The van der Waals surface area contributed by atoms with Crippen LogP contribution in [0.1, 0.15) is 18.9 Å². The second-order valence-electron chi connectivity index (χ2n) is 10.6. The van der Waals surface area contributed by atoms with Crippen LogP contribution in [0.3, 0.4) is 0 Å². The van der Waals surface area contributed by atoms with Crippen LogP contribution in [0.25, 0.3) is 28.0 Å². The highest BCUT2D eigenvalue weighted by atomic mass is 32.2. The van der Waals surface area contributed by atoms with Gasteiger partial charge in [-0.1, -0.05) is 30.8 Å². The molecule has 3 heterocycles. The molecule has 2 aromatic carbocycles. The van der Waals surface area contributed by atoms with E-state index in [1.165, 1.54) is 35.2 Å². The first-order valence-electron chi connectivity index (χ1n) is 13.6. The molecule has 1 aliphatic rings. The van der Waals surface area contributed by atoms with Crippen molar-refractivity contribution in [3.63, 3.8) is 0 Å². The van der Waals surface area contributed by atoms with Crippen LogP contribution in [0, 0.1) is 29.9 Å². The lowest BCUT2D eigenvalue weighted by Crippen LogP contribution is -2.59. The molecule has 0 aliphatic carbocycles. The molecule has 1 amide bonds. The lowest BCUT2D eigenvalue weighted by Gasteiger charge is -2.45. The SMILES string of the molecule is C=CC(=O)N1C[C@H](C)N(c2nc(=O)n(-c3c(C)cccc3S(C)(=O)=O)c3nc(-c4ccccc4F)c(F)cc23)C[C@@H]1CC#N. The monoisotopic (exact) mass is 618 g/mol. The summed E-state index contributed by atoms with van der Waals surface area (Å²) in [4.78, 5) is 38.3. The molecule has 0 N–H and O–H groups in total. The van der Waals surface area contributed by atoms with Gasteiger partial charge in [0.1, 0.15) is 23.1 Å². The summed E-state index contributed by atoms with van der Waals surface area (Å²) in [5.41, 5.74) is -1.20. The smallest absolute Gasteiger partial charge is 0.349 e. The van der Waals surface area contributed by atoms with Crippen molar-refractivity contribution in [2.24, 2.45) is 0 Å². The number of piperazine rings is 1. The predicted molar refractivity (Wildman–Crippen MR) is 161 cm³/mol. The van der Waals surface area contributed by atoms with E-state index in [2.05, 4.69) is 22.6 Å². The highest BCUT2D eigenvalue weighted by Crippen LogP contribution is 2.34. The fourth-order valence-corrected chi connectivity index (χ4v) is 6.52. The van der Waals surface area contributed by atoms with Crippen LogP contribution in [0.2, 0.25) is 0 Å². The summed E-state index contributed by atoms with van der Waals surface area (Å²) >= 11 is 0. The standard InChI is InChI=1S/C31H28F2N6O4S/c1-5-26(40)38-16-19(3)37(17-20(38)13-14-34)29-22-15-24(33)27(21-10-6-7-11-23(21)32)35-30(22)39(31(41)36-29)28-18(2)9-8-12-25(28)44(4,42)43/h5-12,15,19-20H,1,13,16-17H2,2-4H3/t19-,20-/m0/s1. The Hall–Kier alpha value is -4.96. The molecule has 5 rings (SSSR count). The second kappa shape index (κ2) is 11.6. The van der Waals surface area contributed by atoms with Crippen molar-refractivity contribution in [2.45, 2.75) is 37.2 Å². The highest BCUT2D eigenvalue weighted by molar-refractivity contribution is 7.90. The number of aromatic nitrogens is 3. The molecule has 4 aromatic rings. The summed E-state index contributed by atoms with van der Waals surface area (Å²) in [7, 11) is -3.87. The van der Waals surface area contributed by atoms with Gasteiger partial charge in [0.25, 0.3) is 0 Å². The molecular weight excluding hydrogens is 590 g/mol. The fourth-order valence-electron chi connectivity index (χ4n) is 5.59. The zero-order valence-corrected chi connectivity index (χ0v) is 25.0. The zero-order chi connectivity index (χ0) is 31.9. The van der Waals surface area contributed by atoms with E-state index in [9.17, 15) is 27.7 Å². The number of anilines is 1. The summed E-state index contributed by atoms with van der Waals surface area (Å²) in [6, 6.07) is 12.1. The van der Waals surface area contributed by atoms with Crippen molar-refractivity contribution in [3.05, 3.63) is 88.9 Å². The minimum absolute atomic E-state index is 0.0144. The average molecular weight is 619 g/mol. The lowest BCUT2D eigenvalue weighted by atomic mass is 10.0. The third kappa shape index (κ3) is 5.33. The van der Waals surface area contributed by atoms with Crippen LogP contribution < -0.4 is 10.6 Å². The third-order valence-electron chi connectivity index (χ3n) is 7.65. The van der Waals surface area contributed by atoms with E-state index in [4.69, 9.17) is 0 Å². The number of hydrogen-bond donors (Lipinski definition) is 0. The van der Waals surface area contributed by atoms with Crippen molar-refractivity contribution < 1.29 is 22.0 Å². The van der Waals surface area contributed by atoms with Gasteiger partial charge in [-0.05, 0) is 49.8 Å². The van der Waals surface area contributed by atoms with E-state index in [0.29, 0.717) is 5.56 Å². The zero-order valence-electron chi connectivity index (χ0n) is 24.2. The van der Waals surface area contributed by atoms with Crippen molar-refractivity contribution >= 4 is 32.6 Å². The molecule has 0 saturated carbocycles. The molecule has 0 unspecified atom stereocenters. The summed E-state index contributed by atoms with van der Waals surface area (Å²) in [5.74, 6) is -1.97. The van der Waals surface area contributed by atoms with Gasteiger partial charge in [0, 0.05) is 31.0 Å². The maximum absolute atomic E-state index is 15.9. The molecule has 1 saturated heterocycles. The van der Waals surface area contributed by atoms with Crippen LogP contribution in [0.4, 0.5) is 14.6 Å². The first-order valence-corrected chi connectivity index (χ1v) is 15.5. The molecule has 44 heavy (non-hydrogen) atoms. The molecule has 1 aliphatic heterocycles. The molecule has 2 aromatic heterocycles. The number of sulfone groups is 1. The lowest BCUT2D eigenvalue weighted by molar-refractivity contribution is -0.129. The van der Waals surface area contributed by atoms with Crippen LogP contribution in [-0.2, 0) is 14.6 Å². The molecule has 0 bridgehead atoms. The first-order chi connectivity index (χ1) is 20.9. The quantitative estimate of drug-likeness (QED) is 0.297. The van der Waals surface area contributed by atoms with Gasteiger partial charge in [0.05, 0.1) is 34.5 Å². The molecule has 13 heteroatoms. The number of benzene rings is 2. The normalized spacial score (nSPS) is 17.0. The van der Waals surface area contributed by atoms with Gasteiger partial charge in [-0.2, -0.15) is 10.2 Å². The van der Waals surface area contributed by atoms with Crippen molar-refractivity contribution in [1.82, 2.24) is 19.4 Å².